The number of fused-ring (bicyclic) bond motifs is 1. The number of aromatic nitrogens is 2. The van der Waals surface area contributed by atoms with Crippen molar-refractivity contribution in [2.45, 2.75) is 62.9 Å². The minimum atomic E-state index is -4.51. The van der Waals surface area contributed by atoms with Crippen LogP contribution in [0.4, 0.5) is 23.2 Å². The highest BCUT2D eigenvalue weighted by atomic mass is 32.2. The number of rotatable bonds is 10. The molecule has 3 aromatic rings. The van der Waals surface area contributed by atoms with Crippen molar-refractivity contribution in [1.82, 2.24) is 19.8 Å². The SMILES string of the molecule is COc1ccc(S(C)(=O)=O)cc1NCC#Cc1cc(C(=O)N[C@H]2CCN(CCC(C)(C)F)C[C@@H]2C)c2ncn(CC(F)(F)F)c2c1. The van der Waals surface area contributed by atoms with Gasteiger partial charge in [-0.15, -0.1) is 0 Å². The second-order valence-corrected chi connectivity index (χ2v) is 14.3. The molecule has 1 fully saturated rings. The van der Waals surface area contributed by atoms with Crippen molar-refractivity contribution in [2.75, 3.05) is 44.9 Å². The van der Waals surface area contributed by atoms with Crippen LogP contribution >= 0.6 is 0 Å². The molecule has 1 amide bonds. The van der Waals surface area contributed by atoms with Gasteiger partial charge in [0.2, 0.25) is 0 Å². The van der Waals surface area contributed by atoms with Crippen molar-refractivity contribution in [3.63, 3.8) is 0 Å². The number of hydrogen-bond donors (Lipinski definition) is 2. The number of piperidine rings is 1. The largest absolute Gasteiger partial charge is 0.495 e. The van der Waals surface area contributed by atoms with Gasteiger partial charge in [0, 0.05) is 37.5 Å². The molecule has 1 aromatic heterocycles. The molecular formula is C32H39F4N5O4S. The number of carbonyl (C=O) groups is 1. The topological polar surface area (TPSA) is 106 Å². The van der Waals surface area contributed by atoms with Crippen molar-refractivity contribution < 1.29 is 35.5 Å². The Balaban J connectivity index is 1.57. The van der Waals surface area contributed by atoms with Gasteiger partial charge in [-0.2, -0.15) is 13.2 Å². The zero-order valence-corrected chi connectivity index (χ0v) is 27.3. The molecule has 4 rings (SSSR count). The van der Waals surface area contributed by atoms with Crippen LogP contribution in [0, 0.1) is 17.8 Å². The fourth-order valence-electron chi connectivity index (χ4n) is 5.39. The molecule has 0 saturated carbocycles. The third kappa shape index (κ3) is 9.35. The highest BCUT2D eigenvalue weighted by Crippen LogP contribution is 2.28. The number of methoxy groups -OCH3 is 1. The van der Waals surface area contributed by atoms with E-state index in [1.807, 2.05) is 6.92 Å². The number of halogens is 4. The number of amides is 1. The van der Waals surface area contributed by atoms with E-state index in [1.54, 1.807) is 13.8 Å². The van der Waals surface area contributed by atoms with Gasteiger partial charge in [-0.3, -0.25) is 4.79 Å². The first kappa shape index (κ1) is 35.0. The zero-order chi connectivity index (χ0) is 33.9. The second kappa shape index (κ2) is 13.9. The maximum Gasteiger partial charge on any atom is 0.406 e. The summed E-state index contributed by atoms with van der Waals surface area (Å²) in [6.45, 7) is 5.81. The van der Waals surface area contributed by atoms with Crippen LogP contribution < -0.4 is 15.4 Å². The van der Waals surface area contributed by atoms with Crippen molar-refractivity contribution >= 4 is 32.5 Å². The molecule has 46 heavy (non-hydrogen) atoms. The molecule has 0 unspecified atom stereocenters. The quantitative estimate of drug-likeness (QED) is 0.231. The Morgan fingerprint density at radius 1 is 1.17 bits per heavy atom. The van der Waals surface area contributed by atoms with Crippen LogP contribution in [0.5, 0.6) is 5.75 Å². The first-order chi connectivity index (χ1) is 21.4. The zero-order valence-electron chi connectivity index (χ0n) is 26.5. The second-order valence-electron chi connectivity index (χ2n) is 12.3. The molecule has 0 radical (unpaired) electrons. The number of likely N-dealkylation sites (tertiary alicyclic amines) is 1. The lowest BCUT2D eigenvalue weighted by Gasteiger charge is -2.38. The number of imidazole rings is 1. The van der Waals surface area contributed by atoms with Crippen LogP contribution in [0.1, 0.15) is 49.5 Å². The number of benzene rings is 2. The molecule has 14 heteroatoms. The Hall–Kier alpha value is -3.83. The molecule has 0 aliphatic carbocycles. The van der Waals surface area contributed by atoms with E-state index in [0.717, 1.165) is 17.2 Å². The molecule has 1 aliphatic heterocycles. The average molecular weight is 666 g/mol. The molecule has 2 N–H and O–H groups in total. The number of alkyl halides is 4. The van der Waals surface area contributed by atoms with Crippen molar-refractivity contribution in [3.05, 3.63) is 47.8 Å². The summed E-state index contributed by atoms with van der Waals surface area (Å²) in [7, 11) is -2.03. The molecule has 2 atom stereocenters. The first-order valence-corrected chi connectivity index (χ1v) is 16.7. The molecule has 250 valence electrons. The maximum absolute atomic E-state index is 14.0. The molecular weight excluding hydrogens is 626 g/mol. The summed E-state index contributed by atoms with van der Waals surface area (Å²) < 4.78 is 84.2. The number of ether oxygens (including phenoxy) is 1. The van der Waals surface area contributed by atoms with Crippen molar-refractivity contribution in [3.8, 4) is 17.6 Å². The third-order valence-electron chi connectivity index (χ3n) is 7.85. The molecule has 9 nitrogen and oxygen atoms in total. The predicted molar refractivity (Wildman–Crippen MR) is 169 cm³/mol. The number of nitrogens with zero attached hydrogens (tertiary/aromatic N) is 3. The minimum Gasteiger partial charge on any atom is -0.495 e. The van der Waals surface area contributed by atoms with Crippen LogP contribution in [0.2, 0.25) is 0 Å². The number of anilines is 1. The molecule has 2 aromatic carbocycles. The third-order valence-corrected chi connectivity index (χ3v) is 8.96. The summed E-state index contributed by atoms with van der Waals surface area (Å²) in [5.41, 5.74) is -0.226. The Kier molecular flexibility index (Phi) is 10.6. The van der Waals surface area contributed by atoms with Crippen LogP contribution in [-0.2, 0) is 16.4 Å². The van der Waals surface area contributed by atoms with Gasteiger partial charge in [-0.05, 0) is 62.9 Å². The summed E-state index contributed by atoms with van der Waals surface area (Å²) in [6.07, 6.45) is -1.32. The van der Waals surface area contributed by atoms with E-state index >= 15 is 0 Å². The molecule has 2 heterocycles. The van der Waals surface area contributed by atoms with Gasteiger partial charge in [0.1, 0.15) is 23.5 Å². The summed E-state index contributed by atoms with van der Waals surface area (Å²) in [6, 6.07) is 7.13. The highest BCUT2D eigenvalue weighted by molar-refractivity contribution is 7.90. The van der Waals surface area contributed by atoms with Crippen LogP contribution in [0.15, 0.2) is 41.6 Å². The monoisotopic (exact) mass is 665 g/mol. The average Bonchev–Trinajstić information content (AvgIpc) is 3.34. The summed E-state index contributed by atoms with van der Waals surface area (Å²) in [5.74, 6) is 5.77. The Labute approximate surface area is 266 Å². The van der Waals surface area contributed by atoms with E-state index in [4.69, 9.17) is 4.74 Å². The lowest BCUT2D eigenvalue weighted by Crippen LogP contribution is -2.50. The molecule has 0 bridgehead atoms. The van der Waals surface area contributed by atoms with E-state index in [2.05, 4.69) is 32.4 Å². The van der Waals surface area contributed by atoms with Gasteiger partial charge < -0.3 is 24.8 Å². The first-order valence-electron chi connectivity index (χ1n) is 14.8. The predicted octanol–water partition coefficient (Wildman–Crippen LogP) is 5.05. The summed E-state index contributed by atoms with van der Waals surface area (Å²) in [5, 5.41) is 6.04. The highest BCUT2D eigenvalue weighted by Gasteiger charge is 2.31. The maximum atomic E-state index is 14.0. The van der Waals surface area contributed by atoms with Crippen LogP contribution in [0.3, 0.4) is 0 Å². The smallest absolute Gasteiger partial charge is 0.406 e. The Morgan fingerprint density at radius 3 is 2.54 bits per heavy atom. The van der Waals surface area contributed by atoms with E-state index in [-0.39, 0.29) is 40.0 Å². The number of hydrogen-bond acceptors (Lipinski definition) is 7. The fourth-order valence-corrected chi connectivity index (χ4v) is 6.04. The molecule has 1 saturated heterocycles. The van der Waals surface area contributed by atoms with Gasteiger partial charge in [-0.1, -0.05) is 18.8 Å². The van der Waals surface area contributed by atoms with E-state index in [9.17, 15) is 30.8 Å². The van der Waals surface area contributed by atoms with Gasteiger partial charge in [0.25, 0.3) is 5.91 Å². The number of carbonyl (C=O) groups excluding carboxylic acids is 1. The summed E-state index contributed by atoms with van der Waals surface area (Å²) >= 11 is 0. The minimum absolute atomic E-state index is 0.0423. The fraction of sp³-hybridized carbons (Fsp3) is 0.500. The van der Waals surface area contributed by atoms with Gasteiger partial charge >= 0.3 is 6.18 Å². The molecule has 0 spiro atoms. The van der Waals surface area contributed by atoms with E-state index in [1.165, 1.54) is 37.4 Å². The van der Waals surface area contributed by atoms with Crippen LogP contribution in [-0.4, -0.2) is 86.2 Å². The van der Waals surface area contributed by atoms with Crippen LogP contribution in [0.25, 0.3) is 11.0 Å². The normalized spacial score (nSPS) is 17.8. The summed E-state index contributed by atoms with van der Waals surface area (Å²) in [4.78, 5) is 20.0. The van der Waals surface area contributed by atoms with E-state index < -0.39 is 34.1 Å². The van der Waals surface area contributed by atoms with Gasteiger partial charge in [0.05, 0.1) is 41.6 Å². The number of nitrogens with one attached hydrogen (secondary N) is 2. The Morgan fingerprint density at radius 2 is 1.91 bits per heavy atom. The molecule has 1 aliphatic rings. The number of sulfone groups is 1. The Bertz CT molecular complexity index is 1740. The van der Waals surface area contributed by atoms with Crippen molar-refractivity contribution in [1.29, 1.82) is 0 Å². The van der Waals surface area contributed by atoms with Gasteiger partial charge in [-0.25, -0.2) is 17.8 Å². The lowest BCUT2D eigenvalue weighted by molar-refractivity contribution is -0.139. The van der Waals surface area contributed by atoms with E-state index in [0.29, 0.717) is 49.5 Å². The van der Waals surface area contributed by atoms with Crippen molar-refractivity contribution in [2.24, 2.45) is 5.92 Å². The standard InChI is InChI=1S/C32H39F4N5O4S/c1-21-18-40(14-11-31(2,3)33)13-10-25(21)39-30(42)24-15-22(16-27-29(24)38-20-41(27)19-32(34,35)36)7-6-12-37-26-17-23(46(5,43)44)8-9-28(26)45-4/h8-9,15-17,20-21,25,37H,10-14,18-19H2,1-5H3,(H,39,42)/t21-,25-/m0/s1. The lowest BCUT2D eigenvalue weighted by atomic mass is 9.92. The van der Waals surface area contributed by atoms with Gasteiger partial charge in [0.15, 0.2) is 9.84 Å².